The highest BCUT2D eigenvalue weighted by Crippen LogP contribution is 2.32. The maximum atomic E-state index is 10.6. The van der Waals surface area contributed by atoms with Gasteiger partial charge in [-0.1, -0.05) is 20.8 Å². The van der Waals surface area contributed by atoms with Gasteiger partial charge >= 0.3 is 6.09 Å². The van der Waals surface area contributed by atoms with Crippen molar-refractivity contribution in [1.29, 1.82) is 0 Å². The van der Waals surface area contributed by atoms with Crippen molar-refractivity contribution in [2.75, 3.05) is 6.61 Å². The molecule has 1 amide bonds. The summed E-state index contributed by atoms with van der Waals surface area (Å²) in [6, 6.07) is 0. The molecule has 0 rings (SSSR count). The quantitative estimate of drug-likeness (QED) is 0.595. The van der Waals surface area contributed by atoms with Crippen molar-refractivity contribution in [3.63, 3.8) is 0 Å². The van der Waals surface area contributed by atoms with E-state index in [0.29, 0.717) is 0 Å². The highest BCUT2D eigenvalue weighted by atomic mass is 16.4. The summed E-state index contributed by atoms with van der Waals surface area (Å²) in [5.41, 5.74) is -1.42. The molecule has 0 saturated carbocycles. The van der Waals surface area contributed by atoms with Gasteiger partial charge in [0.1, 0.15) is 0 Å². The second-order valence-electron chi connectivity index (χ2n) is 4.30. The number of terminal acetylenes is 1. The van der Waals surface area contributed by atoms with Crippen LogP contribution in [-0.4, -0.2) is 28.5 Å². The average molecular weight is 199 g/mol. The molecule has 0 spiro atoms. The molecule has 0 aliphatic rings. The maximum Gasteiger partial charge on any atom is 0.405 e. The molecule has 1 atom stereocenters. The van der Waals surface area contributed by atoms with Crippen LogP contribution >= 0.6 is 0 Å². The molecule has 0 aliphatic carbocycles. The lowest BCUT2D eigenvalue weighted by Gasteiger charge is -2.42. The van der Waals surface area contributed by atoms with E-state index < -0.39 is 17.0 Å². The zero-order valence-corrected chi connectivity index (χ0v) is 8.79. The Kier molecular flexibility index (Phi) is 3.96. The molecule has 3 N–H and O–H groups in total. The number of aliphatic hydroxyl groups is 1. The van der Waals surface area contributed by atoms with Gasteiger partial charge < -0.3 is 15.5 Å². The van der Waals surface area contributed by atoms with E-state index in [9.17, 15) is 9.90 Å². The minimum Gasteiger partial charge on any atom is -0.465 e. The van der Waals surface area contributed by atoms with Crippen LogP contribution in [0.2, 0.25) is 0 Å². The van der Waals surface area contributed by atoms with Crippen molar-refractivity contribution in [2.45, 2.75) is 32.7 Å². The molecule has 0 aromatic heterocycles. The Morgan fingerprint density at radius 3 is 2.21 bits per heavy atom. The van der Waals surface area contributed by atoms with Gasteiger partial charge in [-0.2, -0.15) is 0 Å². The van der Waals surface area contributed by atoms with Crippen LogP contribution < -0.4 is 5.32 Å². The number of nitrogens with one attached hydrogen (secondary N) is 1. The minimum atomic E-state index is -1.18. The smallest absolute Gasteiger partial charge is 0.405 e. The fraction of sp³-hybridized carbons (Fsp3) is 0.700. The van der Waals surface area contributed by atoms with Crippen LogP contribution in [0.25, 0.3) is 0 Å². The number of carboxylic acid groups (broad SMARTS) is 1. The van der Waals surface area contributed by atoms with E-state index in [-0.39, 0.29) is 13.0 Å². The summed E-state index contributed by atoms with van der Waals surface area (Å²) in [4.78, 5) is 10.6. The normalized spacial score (nSPS) is 15.4. The van der Waals surface area contributed by atoms with Crippen molar-refractivity contribution < 1.29 is 15.0 Å². The van der Waals surface area contributed by atoms with Gasteiger partial charge in [0.2, 0.25) is 0 Å². The number of rotatable bonds is 3. The summed E-state index contributed by atoms with van der Waals surface area (Å²) in [6.07, 6.45) is 4.16. The molecule has 4 nitrogen and oxygen atoms in total. The highest BCUT2D eigenvalue weighted by Gasteiger charge is 2.42. The third kappa shape index (κ3) is 2.64. The zero-order valence-electron chi connectivity index (χ0n) is 8.79. The number of hydrogen-bond acceptors (Lipinski definition) is 2. The van der Waals surface area contributed by atoms with Gasteiger partial charge in [-0.3, -0.25) is 0 Å². The molecule has 80 valence electrons. The number of amides is 1. The minimum absolute atomic E-state index is 0.166. The molecule has 0 bridgehead atoms. The zero-order chi connectivity index (χ0) is 11.4. The van der Waals surface area contributed by atoms with Gasteiger partial charge in [0.25, 0.3) is 0 Å². The summed E-state index contributed by atoms with van der Waals surface area (Å²) >= 11 is 0. The van der Waals surface area contributed by atoms with E-state index in [0.717, 1.165) is 0 Å². The summed E-state index contributed by atoms with van der Waals surface area (Å²) < 4.78 is 0. The first-order chi connectivity index (χ1) is 6.29. The fourth-order valence-corrected chi connectivity index (χ4v) is 1.21. The van der Waals surface area contributed by atoms with Crippen LogP contribution in [0, 0.1) is 17.8 Å². The lowest BCUT2D eigenvalue weighted by Crippen LogP contribution is -2.59. The standard InChI is InChI=1S/C10H17NO3/c1-5-6-10(7-12,9(2,3)4)11-8(13)14/h1,11-12H,6-7H2,2-4H3,(H,13,14)/t10-/m1/s1. The van der Waals surface area contributed by atoms with Crippen LogP contribution in [0.15, 0.2) is 0 Å². The van der Waals surface area contributed by atoms with Gasteiger partial charge in [-0.15, -0.1) is 12.3 Å². The Bertz CT molecular complexity index is 249. The molecular weight excluding hydrogens is 182 g/mol. The first kappa shape index (κ1) is 12.8. The lowest BCUT2D eigenvalue weighted by molar-refractivity contribution is 0.0623. The van der Waals surface area contributed by atoms with Crippen molar-refractivity contribution in [3.05, 3.63) is 0 Å². The topological polar surface area (TPSA) is 69.6 Å². The van der Waals surface area contributed by atoms with Crippen molar-refractivity contribution in [1.82, 2.24) is 5.32 Å². The molecule has 4 heteroatoms. The number of aliphatic hydroxyl groups excluding tert-OH is 1. The molecule has 0 aromatic rings. The predicted molar refractivity (Wildman–Crippen MR) is 53.9 cm³/mol. The van der Waals surface area contributed by atoms with Crippen LogP contribution in [0.5, 0.6) is 0 Å². The Labute approximate surface area is 84.3 Å². The second-order valence-corrected chi connectivity index (χ2v) is 4.30. The number of hydrogen-bond donors (Lipinski definition) is 3. The predicted octanol–water partition coefficient (Wildman–Crippen LogP) is 1.05. The Hall–Kier alpha value is -1.21. The Morgan fingerprint density at radius 2 is 2.00 bits per heavy atom. The first-order valence-corrected chi connectivity index (χ1v) is 4.34. The van der Waals surface area contributed by atoms with Crippen LogP contribution in [0.3, 0.4) is 0 Å². The van der Waals surface area contributed by atoms with Crippen LogP contribution in [0.1, 0.15) is 27.2 Å². The van der Waals surface area contributed by atoms with Crippen molar-refractivity contribution >= 4 is 6.09 Å². The highest BCUT2D eigenvalue weighted by molar-refractivity contribution is 5.66. The molecule has 0 aliphatic heterocycles. The van der Waals surface area contributed by atoms with E-state index in [1.807, 2.05) is 20.8 Å². The van der Waals surface area contributed by atoms with Crippen molar-refractivity contribution in [2.24, 2.45) is 5.41 Å². The molecule has 0 unspecified atom stereocenters. The van der Waals surface area contributed by atoms with E-state index >= 15 is 0 Å². The molecule has 14 heavy (non-hydrogen) atoms. The monoisotopic (exact) mass is 199 g/mol. The third-order valence-corrected chi connectivity index (χ3v) is 2.46. The van der Waals surface area contributed by atoms with Gasteiger partial charge in [-0.05, 0) is 5.41 Å². The van der Waals surface area contributed by atoms with Crippen LogP contribution in [0.4, 0.5) is 4.79 Å². The first-order valence-electron chi connectivity index (χ1n) is 4.34. The van der Waals surface area contributed by atoms with E-state index in [4.69, 9.17) is 11.5 Å². The fourth-order valence-electron chi connectivity index (χ4n) is 1.21. The lowest BCUT2D eigenvalue weighted by atomic mass is 9.72. The third-order valence-electron chi connectivity index (χ3n) is 2.46. The maximum absolute atomic E-state index is 10.6. The van der Waals surface area contributed by atoms with Gasteiger partial charge in [-0.25, -0.2) is 4.79 Å². The molecule has 0 fully saturated rings. The van der Waals surface area contributed by atoms with E-state index in [1.54, 1.807) is 0 Å². The van der Waals surface area contributed by atoms with Crippen LogP contribution in [-0.2, 0) is 0 Å². The van der Waals surface area contributed by atoms with E-state index in [1.165, 1.54) is 0 Å². The summed E-state index contributed by atoms with van der Waals surface area (Å²) in [7, 11) is 0. The number of carbonyl (C=O) groups is 1. The average Bonchev–Trinajstić information content (AvgIpc) is 2.00. The molecule has 0 heterocycles. The van der Waals surface area contributed by atoms with Gasteiger partial charge in [0.15, 0.2) is 0 Å². The Morgan fingerprint density at radius 1 is 1.50 bits per heavy atom. The SMILES string of the molecule is C#CC[C@](CO)(NC(=O)O)C(C)(C)C. The van der Waals surface area contributed by atoms with Crippen molar-refractivity contribution in [3.8, 4) is 12.3 Å². The second kappa shape index (κ2) is 4.34. The van der Waals surface area contributed by atoms with E-state index in [2.05, 4.69) is 11.2 Å². The molecule has 0 saturated heterocycles. The molecular formula is C10H17NO3. The molecule has 0 aromatic carbocycles. The summed E-state index contributed by atoms with van der Waals surface area (Å²) in [5, 5.41) is 20.3. The summed E-state index contributed by atoms with van der Waals surface area (Å²) in [6.45, 7) is 5.18. The molecule has 0 radical (unpaired) electrons. The Balaban J connectivity index is 5.00. The summed E-state index contributed by atoms with van der Waals surface area (Å²) in [5.74, 6) is 2.39. The van der Waals surface area contributed by atoms with Gasteiger partial charge in [0, 0.05) is 6.42 Å². The largest absolute Gasteiger partial charge is 0.465 e. The van der Waals surface area contributed by atoms with Gasteiger partial charge in [0.05, 0.1) is 12.1 Å².